The molecule has 0 aliphatic rings. The normalized spacial score (nSPS) is 10.7. The molecule has 1 aromatic carbocycles. The van der Waals surface area contributed by atoms with Crippen LogP contribution < -0.4 is 0 Å². The molecule has 0 saturated carbocycles. The van der Waals surface area contributed by atoms with Gasteiger partial charge in [-0.2, -0.15) is 0 Å². The summed E-state index contributed by atoms with van der Waals surface area (Å²) in [6, 6.07) is 0. The maximum atomic E-state index is 5.94. The summed E-state index contributed by atoms with van der Waals surface area (Å²) in [6.45, 7) is 0. The van der Waals surface area contributed by atoms with Crippen molar-refractivity contribution in [2.24, 2.45) is 0 Å². The Kier molecular flexibility index (Phi) is 4.97. The van der Waals surface area contributed by atoms with Crippen LogP contribution in [0.25, 0.3) is 0 Å². The number of hydrogen-bond donors (Lipinski definition) is 0. The lowest BCUT2D eigenvalue weighted by Crippen LogP contribution is -1.92. The summed E-state index contributed by atoms with van der Waals surface area (Å²) in [5.41, 5.74) is 0.628. The van der Waals surface area contributed by atoms with E-state index in [0.717, 1.165) is 0 Å². The molecule has 0 fully saturated rings. The molecule has 0 amide bonds. The van der Waals surface area contributed by atoms with Crippen LogP contribution in [0.1, 0.15) is 5.56 Å². The van der Waals surface area contributed by atoms with Crippen molar-refractivity contribution in [3.8, 4) is 0 Å². The largest absolute Gasteiger partial charge is 0.126 e. The molecule has 0 atom stereocenters. The standard InChI is InChI=1S/C8H4Cl6/c9-2-1-3-4(10)6(12)8(14)7(13)5(3)11/h1-2H2. The topological polar surface area (TPSA) is 0 Å². The summed E-state index contributed by atoms with van der Waals surface area (Å²) < 4.78 is 0. The molecular weight excluding hydrogens is 309 g/mol. The zero-order valence-corrected chi connectivity index (χ0v) is 11.2. The Morgan fingerprint density at radius 2 is 1.00 bits per heavy atom. The Morgan fingerprint density at radius 1 is 0.643 bits per heavy atom. The molecule has 14 heavy (non-hydrogen) atoms. The lowest BCUT2D eigenvalue weighted by Gasteiger charge is -2.10. The highest BCUT2D eigenvalue weighted by Crippen LogP contribution is 2.43. The second-order valence-corrected chi connectivity index (χ2v) is 4.76. The second kappa shape index (κ2) is 5.34. The van der Waals surface area contributed by atoms with E-state index in [4.69, 9.17) is 69.6 Å². The Bertz CT molecular complexity index is 330. The zero-order chi connectivity index (χ0) is 10.9. The van der Waals surface area contributed by atoms with E-state index in [0.29, 0.717) is 27.9 Å². The van der Waals surface area contributed by atoms with Crippen LogP contribution in [0, 0.1) is 0 Å². The summed E-state index contributed by atoms with van der Waals surface area (Å²) in [7, 11) is 0. The monoisotopic (exact) mass is 310 g/mol. The number of alkyl halides is 1. The first-order chi connectivity index (χ1) is 6.50. The van der Waals surface area contributed by atoms with Gasteiger partial charge in [-0.1, -0.05) is 58.0 Å². The van der Waals surface area contributed by atoms with Crippen LogP contribution in [0.5, 0.6) is 0 Å². The fourth-order valence-corrected chi connectivity index (χ4v) is 2.52. The minimum atomic E-state index is 0.168. The minimum Gasteiger partial charge on any atom is -0.126 e. The molecule has 6 heteroatoms. The Hall–Kier alpha value is 0.960. The molecule has 0 radical (unpaired) electrons. The van der Waals surface area contributed by atoms with Crippen LogP contribution in [0.4, 0.5) is 0 Å². The van der Waals surface area contributed by atoms with Crippen molar-refractivity contribution in [2.45, 2.75) is 6.42 Å². The maximum Gasteiger partial charge on any atom is 0.0809 e. The van der Waals surface area contributed by atoms with Crippen molar-refractivity contribution in [3.63, 3.8) is 0 Å². The lowest BCUT2D eigenvalue weighted by atomic mass is 10.2. The van der Waals surface area contributed by atoms with Gasteiger partial charge in [0.15, 0.2) is 0 Å². The van der Waals surface area contributed by atoms with Crippen LogP contribution in [0.3, 0.4) is 0 Å². The molecule has 0 aromatic heterocycles. The molecular formula is C8H4Cl6. The molecule has 0 spiro atoms. The second-order valence-electron chi connectivity index (χ2n) is 2.49. The predicted molar refractivity (Wildman–Crippen MR) is 65.9 cm³/mol. The van der Waals surface area contributed by atoms with Crippen LogP contribution in [-0.4, -0.2) is 5.88 Å². The summed E-state index contributed by atoms with van der Waals surface area (Å²) in [5.74, 6) is 0.383. The Labute approximate surface area is 112 Å². The maximum absolute atomic E-state index is 5.94. The third kappa shape index (κ3) is 2.37. The number of benzene rings is 1. The van der Waals surface area contributed by atoms with Crippen molar-refractivity contribution >= 4 is 69.6 Å². The molecule has 1 aromatic rings. The van der Waals surface area contributed by atoms with Crippen LogP contribution in [-0.2, 0) is 6.42 Å². The first-order valence-electron chi connectivity index (χ1n) is 3.57. The van der Waals surface area contributed by atoms with E-state index in [1.807, 2.05) is 0 Å². The van der Waals surface area contributed by atoms with E-state index < -0.39 is 0 Å². The smallest absolute Gasteiger partial charge is 0.0809 e. The van der Waals surface area contributed by atoms with Gasteiger partial charge in [0.1, 0.15) is 0 Å². The molecule has 0 saturated heterocycles. The third-order valence-corrected chi connectivity index (χ3v) is 4.19. The fraction of sp³-hybridized carbons (Fsp3) is 0.250. The van der Waals surface area contributed by atoms with Gasteiger partial charge >= 0.3 is 0 Å². The van der Waals surface area contributed by atoms with Gasteiger partial charge in [0.2, 0.25) is 0 Å². The van der Waals surface area contributed by atoms with Gasteiger partial charge in [0.25, 0.3) is 0 Å². The summed E-state index contributed by atoms with van der Waals surface area (Å²) in [6.07, 6.45) is 0.496. The molecule has 0 N–H and O–H groups in total. The molecule has 1 rings (SSSR count). The van der Waals surface area contributed by atoms with Crippen molar-refractivity contribution < 1.29 is 0 Å². The fourth-order valence-electron chi connectivity index (χ4n) is 0.964. The quantitative estimate of drug-likeness (QED) is 0.371. The molecule has 0 aliphatic carbocycles. The molecule has 0 bridgehead atoms. The van der Waals surface area contributed by atoms with Gasteiger partial charge in [0.05, 0.1) is 25.1 Å². The van der Waals surface area contributed by atoms with Gasteiger partial charge in [-0.3, -0.25) is 0 Å². The van der Waals surface area contributed by atoms with Crippen molar-refractivity contribution in [1.29, 1.82) is 0 Å². The van der Waals surface area contributed by atoms with Crippen LogP contribution in [0.2, 0.25) is 25.1 Å². The molecule has 0 nitrogen and oxygen atoms in total. The predicted octanol–water partition coefficient (Wildman–Crippen LogP) is 5.73. The van der Waals surface area contributed by atoms with E-state index in [1.165, 1.54) is 0 Å². The average molecular weight is 313 g/mol. The van der Waals surface area contributed by atoms with Crippen molar-refractivity contribution in [3.05, 3.63) is 30.7 Å². The summed E-state index contributed by atoms with van der Waals surface area (Å²) >= 11 is 34.9. The highest BCUT2D eigenvalue weighted by molar-refractivity contribution is 6.55. The third-order valence-electron chi connectivity index (χ3n) is 1.65. The molecule has 0 unspecified atom stereocenters. The highest BCUT2D eigenvalue weighted by Gasteiger charge is 2.18. The van der Waals surface area contributed by atoms with Gasteiger partial charge in [0, 0.05) is 5.88 Å². The first-order valence-corrected chi connectivity index (χ1v) is 5.99. The van der Waals surface area contributed by atoms with E-state index in [-0.39, 0.29) is 15.1 Å². The van der Waals surface area contributed by atoms with E-state index in [9.17, 15) is 0 Å². The minimum absolute atomic E-state index is 0.168. The lowest BCUT2D eigenvalue weighted by molar-refractivity contribution is 1.15. The van der Waals surface area contributed by atoms with Gasteiger partial charge in [-0.05, 0) is 12.0 Å². The number of halogens is 6. The van der Waals surface area contributed by atoms with Crippen molar-refractivity contribution in [1.82, 2.24) is 0 Å². The van der Waals surface area contributed by atoms with Crippen molar-refractivity contribution in [2.75, 3.05) is 5.88 Å². The average Bonchev–Trinajstić information content (AvgIpc) is 2.19. The zero-order valence-electron chi connectivity index (χ0n) is 6.68. The SMILES string of the molecule is ClCCc1c(Cl)c(Cl)c(Cl)c(Cl)c1Cl. The molecule has 0 heterocycles. The van der Waals surface area contributed by atoms with Crippen LogP contribution >= 0.6 is 69.6 Å². The van der Waals surface area contributed by atoms with E-state index >= 15 is 0 Å². The Balaban J connectivity index is 3.43. The Morgan fingerprint density at radius 3 is 1.36 bits per heavy atom. The number of hydrogen-bond acceptors (Lipinski definition) is 0. The van der Waals surface area contributed by atoms with Gasteiger partial charge in [-0.25, -0.2) is 0 Å². The molecule has 78 valence electrons. The van der Waals surface area contributed by atoms with E-state index in [2.05, 4.69) is 0 Å². The first kappa shape index (κ1) is 13.0. The summed E-state index contributed by atoms with van der Waals surface area (Å²) in [4.78, 5) is 0. The number of rotatable bonds is 2. The van der Waals surface area contributed by atoms with Gasteiger partial charge in [-0.15, -0.1) is 11.6 Å². The van der Waals surface area contributed by atoms with Crippen LogP contribution in [0.15, 0.2) is 0 Å². The summed E-state index contributed by atoms with van der Waals surface area (Å²) in [5, 5.41) is 1.21. The highest BCUT2D eigenvalue weighted by atomic mass is 35.5. The molecule has 0 aliphatic heterocycles. The van der Waals surface area contributed by atoms with Gasteiger partial charge < -0.3 is 0 Å². The van der Waals surface area contributed by atoms with E-state index in [1.54, 1.807) is 0 Å².